The lowest BCUT2D eigenvalue weighted by Crippen LogP contribution is -2.32. The number of hydrogen-bond donors (Lipinski definition) is 4. The van der Waals surface area contributed by atoms with Crippen molar-refractivity contribution in [2.24, 2.45) is 0 Å². The number of aliphatic hydroxyl groups excluding tert-OH is 2. The second-order valence-electron chi connectivity index (χ2n) is 5.84. The molecule has 0 fully saturated rings. The van der Waals surface area contributed by atoms with Gasteiger partial charge in [0.05, 0.1) is 36.5 Å². The van der Waals surface area contributed by atoms with E-state index in [2.05, 4.69) is 20.6 Å². The van der Waals surface area contributed by atoms with Crippen LogP contribution in [0.3, 0.4) is 0 Å². The molecule has 0 spiro atoms. The maximum Gasteiger partial charge on any atom is 0.213 e. The topological polar surface area (TPSA) is 99.5 Å². The molecule has 2 heterocycles. The lowest BCUT2D eigenvalue weighted by Gasteiger charge is -2.14. The molecule has 0 aliphatic carbocycles. The molecule has 1 unspecified atom stereocenters. The fourth-order valence-corrected chi connectivity index (χ4v) is 2.84. The number of nitrogens with zero attached hydrogens (tertiary/aromatic N) is 2. The molecule has 0 saturated heterocycles. The number of benzene rings is 1. The molecule has 7 nitrogen and oxygen atoms in total. The predicted octanol–water partition coefficient (Wildman–Crippen LogP) is 2.22. The normalized spacial score (nSPS) is 12.0. The summed E-state index contributed by atoms with van der Waals surface area (Å²) < 4.78 is 5.24. The quantitative estimate of drug-likeness (QED) is 0.332. The molecule has 0 bridgehead atoms. The summed E-state index contributed by atoms with van der Waals surface area (Å²) in [6.07, 6.45) is -0.759. The number of pyridine rings is 2. The van der Waals surface area contributed by atoms with Gasteiger partial charge >= 0.3 is 0 Å². The Labute approximate surface area is 168 Å². The summed E-state index contributed by atoms with van der Waals surface area (Å²) in [7, 11) is 1.58. The van der Waals surface area contributed by atoms with E-state index < -0.39 is 6.10 Å². The van der Waals surface area contributed by atoms with Gasteiger partial charge in [-0.15, -0.1) is 12.4 Å². The Morgan fingerprint density at radius 2 is 1.96 bits per heavy atom. The van der Waals surface area contributed by atoms with Crippen molar-refractivity contribution in [3.8, 4) is 5.88 Å². The van der Waals surface area contributed by atoms with Crippen molar-refractivity contribution in [1.82, 2.24) is 15.3 Å². The monoisotopic (exact) mass is 412 g/mol. The van der Waals surface area contributed by atoms with E-state index >= 15 is 0 Å². The predicted molar refractivity (Wildman–Crippen MR) is 110 cm³/mol. The highest BCUT2D eigenvalue weighted by atomic mass is 35.5. The zero-order valence-electron chi connectivity index (χ0n) is 14.8. The number of aromatic nitrogens is 2. The van der Waals surface area contributed by atoms with Gasteiger partial charge in [-0.05, 0) is 24.3 Å². The van der Waals surface area contributed by atoms with Crippen molar-refractivity contribution in [1.29, 1.82) is 0 Å². The Bertz CT molecular complexity index is 911. The van der Waals surface area contributed by atoms with Crippen molar-refractivity contribution >= 4 is 51.6 Å². The second-order valence-corrected chi connectivity index (χ2v) is 6.27. The number of nitrogens with one attached hydrogen (secondary N) is 2. The Kier molecular flexibility index (Phi) is 7.82. The molecular weight excluding hydrogens is 391 g/mol. The van der Waals surface area contributed by atoms with Gasteiger partial charge in [-0.3, -0.25) is 0 Å². The fraction of sp³-hybridized carbons (Fsp3) is 0.333. The fourth-order valence-electron chi connectivity index (χ4n) is 2.68. The zero-order valence-corrected chi connectivity index (χ0v) is 16.3. The van der Waals surface area contributed by atoms with Gasteiger partial charge in [0.25, 0.3) is 0 Å². The molecule has 146 valence electrons. The third-order valence-electron chi connectivity index (χ3n) is 3.96. The first-order valence-corrected chi connectivity index (χ1v) is 8.67. The van der Waals surface area contributed by atoms with Gasteiger partial charge in [0.2, 0.25) is 5.88 Å². The van der Waals surface area contributed by atoms with E-state index in [1.807, 2.05) is 24.3 Å². The van der Waals surface area contributed by atoms with Gasteiger partial charge in [0, 0.05) is 36.1 Å². The van der Waals surface area contributed by atoms with Gasteiger partial charge in [-0.25, -0.2) is 9.97 Å². The van der Waals surface area contributed by atoms with Crippen molar-refractivity contribution < 1.29 is 14.9 Å². The zero-order chi connectivity index (χ0) is 18.5. The molecule has 3 rings (SSSR count). The molecule has 1 atom stereocenters. The van der Waals surface area contributed by atoms with E-state index in [0.717, 1.165) is 27.6 Å². The van der Waals surface area contributed by atoms with Crippen LogP contribution in [0.1, 0.15) is 0 Å². The summed E-state index contributed by atoms with van der Waals surface area (Å²) in [5, 5.41) is 26.2. The number of rotatable bonds is 8. The third-order valence-corrected chi connectivity index (χ3v) is 4.19. The van der Waals surface area contributed by atoms with E-state index in [-0.39, 0.29) is 19.0 Å². The average Bonchev–Trinajstić information content (AvgIpc) is 2.66. The van der Waals surface area contributed by atoms with Crippen LogP contribution in [0.25, 0.3) is 21.9 Å². The van der Waals surface area contributed by atoms with E-state index in [4.69, 9.17) is 21.4 Å². The number of ether oxygens (including phenoxy) is 1. The molecule has 3 aromatic rings. The number of anilines is 1. The van der Waals surface area contributed by atoms with Crippen LogP contribution in [0.2, 0.25) is 5.02 Å². The van der Waals surface area contributed by atoms with Gasteiger partial charge in [-0.2, -0.15) is 0 Å². The molecule has 0 amide bonds. The van der Waals surface area contributed by atoms with Crippen LogP contribution in [0, 0.1) is 0 Å². The minimum atomic E-state index is -0.759. The number of hydrogen-bond acceptors (Lipinski definition) is 7. The van der Waals surface area contributed by atoms with E-state index in [1.54, 1.807) is 13.2 Å². The highest BCUT2D eigenvalue weighted by Crippen LogP contribution is 2.32. The number of aliphatic hydroxyl groups is 2. The Hall–Kier alpha value is -1.90. The molecular formula is C18H22Cl2N4O3. The van der Waals surface area contributed by atoms with E-state index in [1.165, 1.54) is 0 Å². The van der Waals surface area contributed by atoms with Gasteiger partial charge in [0.1, 0.15) is 5.52 Å². The molecule has 9 heteroatoms. The van der Waals surface area contributed by atoms with Gasteiger partial charge in [0.15, 0.2) is 0 Å². The first-order chi connectivity index (χ1) is 12.6. The molecule has 2 aromatic heterocycles. The molecule has 0 radical (unpaired) electrons. The van der Waals surface area contributed by atoms with Crippen LogP contribution in [-0.4, -0.2) is 59.6 Å². The van der Waals surface area contributed by atoms with Crippen LogP contribution in [-0.2, 0) is 0 Å². The lowest BCUT2D eigenvalue weighted by atomic mass is 10.1. The summed E-state index contributed by atoms with van der Waals surface area (Å²) in [5.74, 6) is 0.514. The van der Waals surface area contributed by atoms with Crippen LogP contribution in [0.15, 0.2) is 30.3 Å². The largest absolute Gasteiger partial charge is 0.481 e. The molecule has 27 heavy (non-hydrogen) atoms. The standard InChI is InChI=1S/C18H21ClN4O3.ClH/c1-26-16-5-4-14-18(23-16)17(21-7-6-20-9-12(25)10-24)13-3-2-11(19)8-15(13)22-14;/h2-5,8,12,20,24-25H,6-7,9-10H2,1H3,(H,21,22);1H. The first kappa shape index (κ1) is 21.4. The van der Waals surface area contributed by atoms with Gasteiger partial charge < -0.3 is 25.6 Å². The van der Waals surface area contributed by atoms with Crippen molar-refractivity contribution in [2.75, 3.05) is 38.7 Å². The van der Waals surface area contributed by atoms with Crippen LogP contribution >= 0.6 is 24.0 Å². The summed E-state index contributed by atoms with van der Waals surface area (Å²) in [4.78, 5) is 9.17. The number of fused-ring (bicyclic) bond motifs is 2. The van der Waals surface area contributed by atoms with Crippen LogP contribution in [0.5, 0.6) is 5.88 Å². The Morgan fingerprint density at radius 1 is 1.15 bits per heavy atom. The van der Waals surface area contributed by atoms with Crippen molar-refractivity contribution in [3.63, 3.8) is 0 Å². The molecule has 0 aliphatic heterocycles. The molecule has 1 aromatic carbocycles. The van der Waals surface area contributed by atoms with E-state index in [0.29, 0.717) is 30.5 Å². The molecule has 4 N–H and O–H groups in total. The maximum atomic E-state index is 9.36. The summed E-state index contributed by atoms with van der Waals surface area (Å²) in [5.41, 5.74) is 3.09. The minimum absolute atomic E-state index is 0. The van der Waals surface area contributed by atoms with E-state index in [9.17, 15) is 5.11 Å². The Morgan fingerprint density at radius 3 is 2.70 bits per heavy atom. The summed E-state index contributed by atoms with van der Waals surface area (Å²) in [6.45, 7) is 1.29. The highest BCUT2D eigenvalue weighted by molar-refractivity contribution is 6.31. The Balaban J connectivity index is 0.00000261. The average molecular weight is 413 g/mol. The SMILES string of the molecule is COc1ccc2nc3cc(Cl)ccc3c(NCCNCC(O)CO)c2n1.Cl. The maximum absolute atomic E-state index is 9.36. The minimum Gasteiger partial charge on any atom is -0.481 e. The lowest BCUT2D eigenvalue weighted by molar-refractivity contribution is 0.0949. The summed E-state index contributed by atoms with van der Waals surface area (Å²) in [6, 6.07) is 9.19. The van der Waals surface area contributed by atoms with Crippen molar-refractivity contribution in [2.45, 2.75) is 6.10 Å². The number of halogens is 2. The van der Waals surface area contributed by atoms with Gasteiger partial charge in [-0.1, -0.05) is 11.6 Å². The second kappa shape index (κ2) is 9.87. The van der Waals surface area contributed by atoms with Crippen LogP contribution < -0.4 is 15.4 Å². The third kappa shape index (κ3) is 5.09. The van der Waals surface area contributed by atoms with Crippen LogP contribution in [0.4, 0.5) is 5.69 Å². The molecule has 0 saturated carbocycles. The molecule has 0 aliphatic rings. The smallest absolute Gasteiger partial charge is 0.213 e. The summed E-state index contributed by atoms with van der Waals surface area (Å²) >= 11 is 6.11. The first-order valence-electron chi connectivity index (χ1n) is 8.30. The number of methoxy groups -OCH3 is 1. The highest BCUT2D eigenvalue weighted by Gasteiger charge is 2.12. The van der Waals surface area contributed by atoms with Crippen molar-refractivity contribution in [3.05, 3.63) is 35.4 Å².